The maximum atomic E-state index is 12.4. The van der Waals surface area contributed by atoms with E-state index in [0.29, 0.717) is 13.1 Å². The van der Waals surface area contributed by atoms with Gasteiger partial charge in [-0.1, -0.05) is 45.9 Å². The monoisotopic (exact) mass is 380 g/mol. The molecular weight excluding hydrogens is 368 g/mol. The molecule has 0 unspecified atom stereocenters. The Morgan fingerprint density at radius 1 is 1.33 bits per heavy atom. The number of rotatable bonds is 3. The minimum Gasteiger partial charge on any atom is -0.285 e. The molecule has 3 rings (SSSR count). The Morgan fingerprint density at radius 3 is 2.86 bits per heavy atom. The van der Waals surface area contributed by atoms with Gasteiger partial charge in [-0.2, -0.15) is 0 Å². The van der Waals surface area contributed by atoms with Crippen LogP contribution in [0.4, 0.5) is 0 Å². The van der Waals surface area contributed by atoms with Crippen LogP contribution in [0.1, 0.15) is 15.2 Å². The maximum Gasteiger partial charge on any atom is 0.269 e. The van der Waals surface area contributed by atoms with Crippen LogP contribution in [0.25, 0.3) is 0 Å². The molecule has 0 N–H and O–H groups in total. The predicted octanol–water partition coefficient (Wildman–Crippen LogP) is 4.26. The number of benzene rings is 1. The summed E-state index contributed by atoms with van der Waals surface area (Å²) in [5, 5.41) is 2.76. The van der Waals surface area contributed by atoms with Crippen molar-refractivity contribution in [3.63, 3.8) is 0 Å². The number of aliphatic imine (C=N–C) groups is 1. The van der Waals surface area contributed by atoms with Gasteiger partial charge in [0.05, 0.1) is 11.4 Å². The summed E-state index contributed by atoms with van der Waals surface area (Å²) >= 11 is 6.53. The highest BCUT2D eigenvalue weighted by molar-refractivity contribution is 9.10. The van der Waals surface area contributed by atoms with E-state index >= 15 is 0 Å². The Balaban J connectivity index is 1.64. The van der Waals surface area contributed by atoms with Crippen LogP contribution >= 0.6 is 39.0 Å². The van der Waals surface area contributed by atoms with E-state index in [1.165, 1.54) is 16.9 Å². The van der Waals surface area contributed by atoms with Crippen LogP contribution in [0.3, 0.4) is 0 Å². The summed E-state index contributed by atoms with van der Waals surface area (Å²) < 4.78 is 1.07. The summed E-state index contributed by atoms with van der Waals surface area (Å²) in [5.41, 5.74) is 1.22. The van der Waals surface area contributed by atoms with E-state index in [1.807, 2.05) is 29.6 Å². The van der Waals surface area contributed by atoms with Crippen LogP contribution in [0.2, 0.25) is 0 Å². The van der Waals surface area contributed by atoms with Crippen LogP contribution in [0.15, 0.2) is 51.2 Å². The molecule has 1 aromatic carbocycles. The molecule has 1 aliphatic rings. The zero-order chi connectivity index (χ0) is 14.7. The number of hydrogen-bond donors (Lipinski definition) is 0. The van der Waals surface area contributed by atoms with Crippen molar-refractivity contribution >= 4 is 50.1 Å². The Bertz CT molecular complexity index is 653. The fourth-order valence-corrected chi connectivity index (χ4v) is 3.94. The number of carbonyl (C=O) groups excluding carboxylic acids is 1. The molecule has 108 valence electrons. The van der Waals surface area contributed by atoms with Crippen LogP contribution in [-0.4, -0.2) is 29.1 Å². The quantitative estimate of drug-likeness (QED) is 0.796. The number of nitrogens with zero attached hydrogens (tertiary/aromatic N) is 2. The third-order valence-corrected chi connectivity index (χ3v) is 5.53. The van der Waals surface area contributed by atoms with Gasteiger partial charge in [0.15, 0.2) is 5.17 Å². The predicted molar refractivity (Wildman–Crippen MR) is 93.1 cm³/mol. The lowest BCUT2D eigenvalue weighted by Gasteiger charge is -2.16. The van der Waals surface area contributed by atoms with Gasteiger partial charge in [0.1, 0.15) is 0 Å². The zero-order valence-electron chi connectivity index (χ0n) is 11.2. The summed E-state index contributed by atoms with van der Waals surface area (Å²) in [4.78, 5) is 19.4. The molecule has 0 saturated heterocycles. The third-order valence-electron chi connectivity index (χ3n) is 3.06. The summed E-state index contributed by atoms with van der Waals surface area (Å²) in [5.74, 6) is 0.880. The fraction of sp³-hybridized carbons (Fsp3) is 0.200. The van der Waals surface area contributed by atoms with Gasteiger partial charge in [-0.05, 0) is 29.1 Å². The molecule has 2 aromatic rings. The molecule has 3 nitrogen and oxygen atoms in total. The minimum absolute atomic E-state index is 0.0598. The van der Waals surface area contributed by atoms with E-state index in [4.69, 9.17) is 0 Å². The third kappa shape index (κ3) is 3.56. The second-order valence-electron chi connectivity index (χ2n) is 4.51. The topological polar surface area (TPSA) is 32.7 Å². The highest BCUT2D eigenvalue weighted by Gasteiger charge is 2.25. The Hall–Kier alpha value is -1.11. The molecular formula is C15H13BrN2OS2. The summed E-state index contributed by atoms with van der Waals surface area (Å²) in [6.45, 7) is 1.37. The van der Waals surface area contributed by atoms with Crippen molar-refractivity contribution < 1.29 is 4.79 Å². The standard InChI is InChI=1S/C15H13BrN2OS2/c16-12-5-3-11(4-6-12)10-21-15-17-7-8-18(15)14(19)13-2-1-9-20-13/h1-6,9H,7-8,10H2. The summed E-state index contributed by atoms with van der Waals surface area (Å²) in [6.07, 6.45) is 0. The van der Waals surface area contributed by atoms with Gasteiger partial charge in [0, 0.05) is 16.8 Å². The van der Waals surface area contributed by atoms with Crippen molar-refractivity contribution in [1.29, 1.82) is 0 Å². The number of thiophene rings is 1. The molecule has 0 aliphatic carbocycles. The van der Waals surface area contributed by atoms with Gasteiger partial charge < -0.3 is 0 Å². The van der Waals surface area contributed by atoms with E-state index in [9.17, 15) is 4.79 Å². The smallest absolute Gasteiger partial charge is 0.269 e. The summed E-state index contributed by atoms with van der Waals surface area (Å²) in [7, 11) is 0. The largest absolute Gasteiger partial charge is 0.285 e. The van der Waals surface area contributed by atoms with E-state index < -0.39 is 0 Å². The van der Waals surface area contributed by atoms with E-state index in [2.05, 4.69) is 33.1 Å². The molecule has 0 fully saturated rings. The highest BCUT2D eigenvalue weighted by atomic mass is 79.9. The first-order valence-electron chi connectivity index (χ1n) is 6.51. The Morgan fingerprint density at radius 2 is 2.14 bits per heavy atom. The lowest BCUT2D eigenvalue weighted by molar-refractivity contribution is 0.0865. The molecule has 0 spiro atoms. The number of amides is 1. The normalized spacial score (nSPS) is 14.3. The lowest BCUT2D eigenvalue weighted by atomic mass is 10.2. The zero-order valence-corrected chi connectivity index (χ0v) is 14.4. The fourth-order valence-electron chi connectivity index (χ4n) is 2.00. The molecule has 1 aromatic heterocycles. The average molecular weight is 381 g/mol. The average Bonchev–Trinajstić information content (AvgIpc) is 3.17. The van der Waals surface area contributed by atoms with Crippen LogP contribution in [0, 0.1) is 0 Å². The van der Waals surface area contributed by atoms with Gasteiger partial charge >= 0.3 is 0 Å². The van der Waals surface area contributed by atoms with Crippen LogP contribution in [-0.2, 0) is 5.75 Å². The number of hydrogen-bond acceptors (Lipinski definition) is 4. The number of thioether (sulfide) groups is 1. The first-order chi connectivity index (χ1) is 10.2. The van der Waals surface area contributed by atoms with Gasteiger partial charge in [-0.3, -0.25) is 14.7 Å². The molecule has 0 radical (unpaired) electrons. The maximum absolute atomic E-state index is 12.4. The molecule has 0 bridgehead atoms. The van der Waals surface area contributed by atoms with E-state index in [0.717, 1.165) is 20.3 Å². The molecule has 0 atom stereocenters. The van der Waals surface area contributed by atoms with Gasteiger partial charge in [-0.15, -0.1) is 11.3 Å². The molecule has 1 aliphatic heterocycles. The first kappa shape index (κ1) is 14.8. The van der Waals surface area contributed by atoms with Crippen molar-refractivity contribution in [3.05, 3.63) is 56.7 Å². The van der Waals surface area contributed by atoms with E-state index in [1.54, 1.807) is 16.7 Å². The van der Waals surface area contributed by atoms with Crippen molar-refractivity contribution in [2.45, 2.75) is 5.75 Å². The van der Waals surface area contributed by atoms with Crippen LogP contribution < -0.4 is 0 Å². The van der Waals surface area contributed by atoms with Crippen LogP contribution in [0.5, 0.6) is 0 Å². The first-order valence-corrected chi connectivity index (χ1v) is 9.17. The molecule has 1 amide bonds. The Labute approximate surface area is 140 Å². The van der Waals surface area contributed by atoms with E-state index in [-0.39, 0.29) is 5.91 Å². The van der Waals surface area contributed by atoms with Gasteiger partial charge in [-0.25, -0.2) is 0 Å². The lowest BCUT2D eigenvalue weighted by Crippen LogP contribution is -2.32. The second-order valence-corrected chi connectivity index (χ2v) is 7.32. The van der Waals surface area contributed by atoms with Crippen molar-refractivity contribution in [2.75, 3.05) is 13.1 Å². The van der Waals surface area contributed by atoms with Crippen molar-refractivity contribution in [3.8, 4) is 0 Å². The van der Waals surface area contributed by atoms with Crippen molar-refractivity contribution in [1.82, 2.24) is 4.90 Å². The molecule has 21 heavy (non-hydrogen) atoms. The molecule has 2 heterocycles. The highest BCUT2D eigenvalue weighted by Crippen LogP contribution is 2.23. The van der Waals surface area contributed by atoms with Gasteiger partial charge in [0.25, 0.3) is 5.91 Å². The van der Waals surface area contributed by atoms with Gasteiger partial charge in [0.2, 0.25) is 0 Å². The molecule has 6 heteroatoms. The number of amidine groups is 1. The number of halogens is 1. The minimum atomic E-state index is 0.0598. The second kappa shape index (κ2) is 6.77. The summed E-state index contributed by atoms with van der Waals surface area (Å²) in [6, 6.07) is 12.0. The SMILES string of the molecule is O=C(c1cccs1)N1CCN=C1SCc1ccc(Br)cc1. The molecule has 0 saturated carbocycles. The Kier molecular flexibility index (Phi) is 4.77. The number of carbonyl (C=O) groups is 1. The van der Waals surface area contributed by atoms with Crippen molar-refractivity contribution in [2.24, 2.45) is 4.99 Å².